The van der Waals surface area contributed by atoms with E-state index in [2.05, 4.69) is 52.8 Å². The molecule has 22 heavy (non-hydrogen) atoms. The maximum Gasteiger partial charge on any atom is 0.0550 e. The number of thioether (sulfide) groups is 1. The highest BCUT2D eigenvalue weighted by atomic mass is 32.2. The molecule has 1 unspecified atom stereocenters. The maximum atomic E-state index is 2.48. The van der Waals surface area contributed by atoms with Crippen LogP contribution in [0.2, 0.25) is 0 Å². The van der Waals surface area contributed by atoms with Crippen LogP contribution in [0.5, 0.6) is 0 Å². The van der Waals surface area contributed by atoms with Crippen LogP contribution in [0.3, 0.4) is 0 Å². The third-order valence-electron chi connectivity index (χ3n) is 4.99. The summed E-state index contributed by atoms with van der Waals surface area (Å²) in [5.74, 6) is 0.650. The van der Waals surface area contributed by atoms with Crippen LogP contribution in [-0.2, 0) is 0 Å². The van der Waals surface area contributed by atoms with E-state index in [1.807, 2.05) is 23.1 Å². The van der Waals surface area contributed by atoms with Crippen molar-refractivity contribution in [1.29, 1.82) is 0 Å². The zero-order valence-electron chi connectivity index (χ0n) is 13.9. The molecule has 2 aliphatic carbocycles. The summed E-state index contributed by atoms with van der Waals surface area (Å²) in [7, 11) is 0. The fraction of sp³-hybridized carbons (Fsp3) is 0.400. The minimum absolute atomic E-state index is 0.556. The van der Waals surface area contributed by atoms with Crippen molar-refractivity contribution in [3.8, 4) is 0 Å². The second kappa shape index (κ2) is 5.01. The monoisotopic (exact) mass is 326 g/mol. The maximum absolute atomic E-state index is 2.48. The zero-order valence-corrected chi connectivity index (χ0v) is 15.5. The van der Waals surface area contributed by atoms with Gasteiger partial charge in [-0.2, -0.15) is 0 Å². The van der Waals surface area contributed by atoms with Gasteiger partial charge < -0.3 is 0 Å². The number of fused-ring (bicyclic) bond motifs is 2. The Morgan fingerprint density at radius 3 is 2.64 bits per heavy atom. The van der Waals surface area contributed by atoms with Crippen LogP contribution in [-0.4, -0.2) is 5.25 Å². The van der Waals surface area contributed by atoms with E-state index in [9.17, 15) is 0 Å². The van der Waals surface area contributed by atoms with E-state index in [0.29, 0.717) is 11.2 Å². The molecule has 1 aromatic heterocycles. The molecule has 1 aliphatic heterocycles. The van der Waals surface area contributed by atoms with Crippen LogP contribution in [0.1, 0.15) is 39.0 Å². The predicted octanol–water partition coefficient (Wildman–Crippen LogP) is 4.69. The van der Waals surface area contributed by atoms with Crippen LogP contribution >= 0.6 is 23.1 Å². The van der Waals surface area contributed by atoms with Crippen LogP contribution < -0.4 is 9.75 Å². The summed E-state index contributed by atoms with van der Waals surface area (Å²) >= 11 is 3.99. The van der Waals surface area contributed by atoms with E-state index in [-0.39, 0.29) is 0 Å². The molecule has 0 bridgehead atoms. The largest absolute Gasteiger partial charge is 0.141 e. The SMILES string of the molecule is CC1=C(C2=C(C)SC3C=c4sc(C)cc4=C23)CC(C(C)C)=C1. The van der Waals surface area contributed by atoms with Gasteiger partial charge in [0, 0.05) is 9.41 Å². The van der Waals surface area contributed by atoms with E-state index < -0.39 is 0 Å². The number of hydrogen-bond acceptors (Lipinski definition) is 2. The van der Waals surface area contributed by atoms with Gasteiger partial charge in [0.2, 0.25) is 0 Å². The molecule has 114 valence electrons. The second-order valence-corrected chi connectivity index (χ2v) is 9.54. The molecule has 0 spiro atoms. The fourth-order valence-corrected chi connectivity index (χ4v) is 6.23. The molecule has 0 nitrogen and oxygen atoms in total. The van der Waals surface area contributed by atoms with Gasteiger partial charge in [0.1, 0.15) is 0 Å². The molecule has 0 fully saturated rings. The Bertz CT molecular complexity index is 885. The first-order valence-electron chi connectivity index (χ1n) is 8.06. The molecular formula is C20H22S2. The molecule has 0 N–H and O–H groups in total. The van der Waals surface area contributed by atoms with Crippen LogP contribution in [0.25, 0.3) is 11.6 Å². The number of aryl methyl sites for hydroxylation is 1. The van der Waals surface area contributed by atoms with Crippen molar-refractivity contribution in [1.82, 2.24) is 0 Å². The van der Waals surface area contributed by atoms with Crippen LogP contribution in [0.15, 0.2) is 39.3 Å². The molecule has 0 saturated heterocycles. The van der Waals surface area contributed by atoms with Gasteiger partial charge in [-0.05, 0) is 77.7 Å². The molecule has 2 heterocycles. The molecule has 0 amide bonds. The highest BCUT2D eigenvalue weighted by molar-refractivity contribution is 8.04. The van der Waals surface area contributed by atoms with Gasteiger partial charge in [0.15, 0.2) is 0 Å². The quantitative estimate of drug-likeness (QED) is 0.759. The molecule has 0 saturated carbocycles. The van der Waals surface area contributed by atoms with Crippen molar-refractivity contribution < 1.29 is 0 Å². The topological polar surface area (TPSA) is 0 Å². The summed E-state index contributed by atoms with van der Waals surface area (Å²) in [4.78, 5) is 2.94. The lowest BCUT2D eigenvalue weighted by atomic mass is 9.90. The van der Waals surface area contributed by atoms with Gasteiger partial charge in [0.05, 0.1) is 5.25 Å². The Balaban J connectivity index is 1.86. The predicted molar refractivity (Wildman–Crippen MR) is 100 cm³/mol. The average Bonchev–Trinajstić information content (AvgIpc) is 3.11. The Kier molecular flexibility index (Phi) is 3.32. The van der Waals surface area contributed by atoms with Gasteiger partial charge >= 0.3 is 0 Å². The summed E-state index contributed by atoms with van der Waals surface area (Å²) in [6, 6.07) is 2.40. The molecule has 0 radical (unpaired) electrons. The molecule has 4 rings (SSSR count). The third-order valence-corrected chi connectivity index (χ3v) is 7.19. The number of thiophene rings is 1. The lowest BCUT2D eigenvalue weighted by Gasteiger charge is -2.13. The zero-order chi connectivity index (χ0) is 15.6. The molecule has 3 aliphatic rings. The van der Waals surface area contributed by atoms with E-state index >= 15 is 0 Å². The van der Waals surface area contributed by atoms with E-state index in [4.69, 9.17) is 0 Å². The van der Waals surface area contributed by atoms with Gasteiger partial charge in [-0.25, -0.2) is 0 Å². The highest BCUT2D eigenvalue weighted by Gasteiger charge is 2.34. The van der Waals surface area contributed by atoms with E-state index in [1.54, 1.807) is 22.3 Å². The number of allylic oxidation sites excluding steroid dienone is 6. The fourth-order valence-electron chi connectivity index (χ4n) is 3.84. The molecular weight excluding hydrogens is 304 g/mol. The number of hydrogen-bond donors (Lipinski definition) is 0. The summed E-state index contributed by atoms with van der Waals surface area (Å²) < 4.78 is 1.49. The first-order chi connectivity index (χ1) is 10.5. The van der Waals surface area contributed by atoms with Gasteiger partial charge in [-0.15, -0.1) is 23.1 Å². The first kappa shape index (κ1) is 14.6. The Morgan fingerprint density at radius 2 is 1.95 bits per heavy atom. The van der Waals surface area contributed by atoms with Crippen molar-refractivity contribution in [3.63, 3.8) is 0 Å². The average molecular weight is 327 g/mol. The molecule has 1 atom stereocenters. The summed E-state index contributed by atoms with van der Waals surface area (Å²) in [6.07, 6.45) is 6.05. The van der Waals surface area contributed by atoms with Crippen molar-refractivity contribution >= 4 is 34.7 Å². The minimum atomic E-state index is 0.556. The lowest BCUT2D eigenvalue weighted by molar-refractivity contribution is 0.748. The standard InChI is InChI=1S/C20H22S2/c1-10(2)14-6-11(3)15(8-14)19-13(5)22-18-9-17-16(20(18)19)7-12(4)21-17/h6-7,9-10,18H,8H2,1-5H3. The summed E-state index contributed by atoms with van der Waals surface area (Å²) in [5, 5.41) is 2.06. The van der Waals surface area contributed by atoms with Crippen LogP contribution in [0, 0.1) is 12.8 Å². The lowest BCUT2D eigenvalue weighted by Crippen LogP contribution is -2.17. The summed E-state index contributed by atoms with van der Waals surface area (Å²) in [6.45, 7) is 11.5. The Labute approximate surface area is 141 Å². The van der Waals surface area contributed by atoms with E-state index in [0.717, 1.165) is 6.42 Å². The molecule has 2 heteroatoms. The van der Waals surface area contributed by atoms with Crippen LogP contribution in [0.4, 0.5) is 0 Å². The van der Waals surface area contributed by atoms with Gasteiger partial charge in [-0.1, -0.05) is 25.5 Å². The Hall–Kier alpha value is -0.990. The smallest absolute Gasteiger partial charge is 0.0550 e. The van der Waals surface area contributed by atoms with Crippen molar-refractivity contribution in [2.24, 2.45) is 5.92 Å². The minimum Gasteiger partial charge on any atom is -0.141 e. The molecule has 0 aromatic carbocycles. The van der Waals surface area contributed by atoms with Crippen molar-refractivity contribution in [2.75, 3.05) is 0 Å². The van der Waals surface area contributed by atoms with E-state index in [1.165, 1.54) is 25.1 Å². The number of rotatable bonds is 2. The molecule has 1 aromatic rings. The van der Waals surface area contributed by atoms with Gasteiger partial charge in [0.25, 0.3) is 0 Å². The first-order valence-corrected chi connectivity index (χ1v) is 9.76. The highest BCUT2D eigenvalue weighted by Crippen LogP contribution is 2.50. The Morgan fingerprint density at radius 1 is 1.18 bits per heavy atom. The van der Waals surface area contributed by atoms with Crippen molar-refractivity contribution in [2.45, 2.75) is 46.3 Å². The third kappa shape index (κ3) is 2.04. The normalized spacial score (nSPS) is 23.5. The van der Waals surface area contributed by atoms with Gasteiger partial charge in [-0.3, -0.25) is 0 Å². The second-order valence-electron chi connectivity index (χ2n) is 6.90. The van der Waals surface area contributed by atoms with Crippen molar-refractivity contribution in [3.05, 3.63) is 54.0 Å². The summed E-state index contributed by atoms with van der Waals surface area (Å²) in [5.41, 5.74) is 7.80.